The maximum Gasteiger partial charge on any atom is 0.0220 e. The van der Waals surface area contributed by atoms with E-state index >= 15 is 0 Å². The highest BCUT2D eigenvalue weighted by Gasteiger charge is 2.15. The second-order valence-electron chi connectivity index (χ2n) is 3.90. The molecule has 0 aromatic heterocycles. The van der Waals surface area contributed by atoms with E-state index in [1.54, 1.807) is 0 Å². The number of rotatable bonds is 7. The van der Waals surface area contributed by atoms with Crippen LogP contribution in [0.25, 0.3) is 0 Å². The van der Waals surface area contributed by atoms with Gasteiger partial charge in [0.25, 0.3) is 0 Å². The van der Waals surface area contributed by atoms with Crippen molar-refractivity contribution in [2.45, 2.75) is 40.2 Å². The molecule has 0 radical (unpaired) electrons. The topological polar surface area (TPSA) is 15.3 Å². The van der Waals surface area contributed by atoms with Crippen LogP contribution in [0.5, 0.6) is 0 Å². The zero-order chi connectivity index (χ0) is 10.3. The fourth-order valence-corrected chi connectivity index (χ4v) is 1.46. The lowest BCUT2D eigenvalue weighted by atomic mass is 9.99. The summed E-state index contributed by atoms with van der Waals surface area (Å²) in [5, 5.41) is 3.56. The molecule has 13 heavy (non-hydrogen) atoms. The van der Waals surface area contributed by atoms with Crippen LogP contribution < -0.4 is 5.32 Å². The number of hydrogen-bond donors (Lipinski definition) is 1. The SMILES string of the molecule is CCNC(CN(C)CC)C(C)CC. The highest BCUT2D eigenvalue weighted by molar-refractivity contribution is 4.74. The zero-order valence-electron chi connectivity index (χ0n) is 9.93. The zero-order valence-corrected chi connectivity index (χ0v) is 9.93. The predicted molar refractivity (Wildman–Crippen MR) is 60.1 cm³/mol. The van der Waals surface area contributed by atoms with E-state index in [1.807, 2.05) is 0 Å². The second-order valence-corrected chi connectivity index (χ2v) is 3.90. The quantitative estimate of drug-likeness (QED) is 0.654. The first-order valence-electron chi connectivity index (χ1n) is 5.57. The van der Waals surface area contributed by atoms with Crippen molar-refractivity contribution >= 4 is 0 Å². The van der Waals surface area contributed by atoms with Crippen LogP contribution in [0.15, 0.2) is 0 Å². The standard InChI is InChI=1S/C11H26N2/c1-6-10(4)11(12-7-2)9-13(5)8-3/h10-12H,6-9H2,1-5H3. The van der Waals surface area contributed by atoms with Crippen molar-refractivity contribution < 1.29 is 0 Å². The minimum atomic E-state index is 0.653. The molecule has 2 nitrogen and oxygen atoms in total. The van der Waals surface area contributed by atoms with Gasteiger partial charge in [0.1, 0.15) is 0 Å². The third-order valence-electron chi connectivity index (χ3n) is 2.85. The Morgan fingerprint density at radius 2 is 1.85 bits per heavy atom. The van der Waals surface area contributed by atoms with Crippen LogP contribution in [0, 0.1) is 5.92 Å². The molecule has 0 spiro atoms. The van der Waals surface area contributed by atoms with Gasteiger partial charge < -0.3 is 10.2 Å². The summed E-state index contributed by atoms with van der Waals surface area (Å²) in [6.45, 7) is 12.4. The smallest absolute Gasteiger partial charge is 0.0220 e. The molecule has 0 heterocycles. The van der Waals surface area contributed by atoms with Gasteiger partial charge in [-0.3, -0.25) is 0 Å². The van der Waals surface area contributed by atoms with E-state index in [9.17, 15) is 0 Å². The van der Waals surface area contributed by atoms with Gasteiger partial charge in [0.05, 0.1) is 0 Å². The molecule has 0 aliphatic heterocycles. The van der Waals surface area contributed by atoms with Gasteiger partial charge in [0.15, 0.2) is 0 Å². The van der Waals surface area contributed by atoms with Crippen LogP contribution in [-0.2, 0) is 0 Å². The number of nitrogens with one attached hydrogen (secondary N) is 1. The molecule has 0 aromatic carbocycles. The molecule has 0 saturated heterocycles. The summed E-state index contributed by atoms with van der Waals surface area (Å²) in [6.07, 6.45) is 1.26. The van der Waals surface area contributed by atoms with E-state index in [0.717, 1.165) is 19.0 Å². The average molecular weight is 186 g/mol. The van der Waals surface area contributed by atoms with Crippen molar-refractivity contribution in [1.82, 2.24) is 10.2 Å². The Balaban J connectivity index is 3.92. The molecule has 0 bridgehead atoms. The average Bonchev–Trinajstić information content (AvgIpc) is 2.15. The molecule has 0 amide bonds. The number of nitrogens with zero attached hydrogens (tertiary/aromatic N) is 1. The largest absolute Gasteiger partial charge is 0.313 e. The fraction of sp³-hybridized carbons (Fsp3) is 1.00. The van der Waals surface area contributed by atoms with Gasteiger partial charge in [-0.05, 0) is 26.1 Å². The van der Waals surface area contributed by atoms with E-state index in [0.29, 0.717) is 6.04 Å². The van der Waals surface area contributed by atoms with Crippen LogP contribution in [0.4, 0.5) is 0 Å². The molecule has 1 N–H and O–H groups in total. The Morgan fingerprint density at radius 1 is 1.23 bits per heavy atom. The van der Waals surface area contributed by atoms with E-state index in [2.05, 4.69) is 45.0 Å². The first-order valence-corrected chi connectivity index (χ1v) is 5.57. The summed E-state index contributed by atoms with van der Waals surface area (Å²) in [5.41, 5.74) is 0. The Labute approximate surface area is 83.7 Å². The highest BCUT2D eigenvalue weighted by Crippen LogP contribution is 2.08. The van der Waals surface area contributed by atoms with Crippen molar-refractivity contribution in [3.63, 3.8) is 0 Å². The monoisotopic (exact) mass is 186 g/mol. The van der Waals surface area contributed by atoms with Crippen molar-refractivity contribution in [2.24, 2.45) is 5.92 Å². The van der Waals surface area contributed by atoms with Crippen molar-refractivity contribution in [1.29, 1.82) is 0 Å². The molecule has 0 aromatic rings. The Morgan fingerprint density at radius 3 is 2.23 bits per heavy atom. The van der Waals surface area contributed by atoms with Gasteiger partial charge in [-0.15, -0.1) is 0 Å². The molecule has 80 valence electrons. The maximum atomic E-state index is 3.56. The maximum absolute atomic E-state index is 3.56. The van der Waals surface area contributed by atoms with Crippen molar-refractivity contribution in [3.05, 3.63) is 0 Å². The number of likely N-dealkylation sites (N-methyl/N-ethyl adjacent to an activating group) is 2. The molecule has 0 aliphatic rings. The number of hydrogen-bond acceptors (Lipinski definition) is 2. The van der Waals surface area contributed by atoms with Gasteiger partial charge in [-0.25, -0.2) is 0 Å². The molecule has 0 rings (SSSR count). The normalized spacial score (nSPS) is 16.2. The summed E-state index contributed by atoms with van der Waals surface area (Å²) < 4.78 is 0. The van der Waals surface area contributed by atoms with Crippen LogP contribution in [0.2, 0.25) is 0 Å². The predicted octanol–water partition coefficient (Wildman–Crippen LogP) is 1.96. The fourth-order valence-electron chi connectivity index (χ4n) is 1.46. The molecular formula is C11H26N2. The summed E-state index contributed by atoms with van der Waals surface area (Å²) in [5.74, 6) is 0.772. The van der Waals surface area contributed by atoms with E-state index in [1.165, 1.54) is 13.0 Å². The summed E-state index contributed by atoms with van der Waals surface area (Å²) in [6, 6.07) is 0.653. The van der Waals surface area contributed by atoms with Crippen LogP contribution in [0.3, 0.4) is 0 Å². The summed E-state index contributed by atoms with van der Waals surface area (Å²) in [4.78, 5) is 2.37. The molecule has 0 saturated carbocycles. The van der Waals surface area contributed by atoms with Gasteiger partial charge in [0, 0.05) is 12.6 Å². The highest BCUT2D eigenvalue weighted by atomic mass is 15.1. The van der Waals surface area contributed by atoms with E-state index in [-0.39, 0.29) is 0 Å². The minimum absolute atomic E-state index is 0.653. The summed E-state index contributed by atoms with van der Waals surface area (Å²) in [7, 11) is 2.19. The van der Waals surface area contributed by atoms with Gasteiger partial charge in [-0.2, -0.15) is 0 Å². The van der Waals surface area contributed by atoms with Gasteiger partial charge in [-0.1, -0.05) is 34.1 Å². The Kier molecular flexibility index (Phi) is 7.29. The molecule has 2 atom stereocenters. The van der Waals surface area contributed by atoms with Gasteiger partial charge in [0.2, 0.25) is 0 Å². The van der Waals surface area contributed by atoms with Crippen molar-refractivity contribution in [2.75, 3.05) is 26.7 Å². The molecule has 2 unspecified atom stereocenters. The molecule has 2 heteroatoms. The van der Waals surface area contributed by atoms with E-state index in [4.69, 9.17) is 0 Å². The van der Waals surface area contributed by atoms with E-state index < -0.39 is 0 Å². The first-order chi connectivity index (χ1) is 6.15. The minimum Gasteiger partial charge on any atom is -0.313 e. The summed E-state index contributed by atoms with van der Waals surface area (Å²) >= 11 is 0. The van der Waals surface area contributed by atoms with Crippen LogP contribution >= 0.6 is 0 Å². The lowest BCUT2D eigenvalue weighted by molar-refractivity contribution is 0.254. The molecule has 0 fully saturated rings. The first kappa shape index (κ1) is 12.9. The second kappa shape index (κ2) is 7.34. The lowest BCUT2D eigenvalue weighted by Gasteiger charge is -2.28. The Hall–Kier alpha value is -0.0800. The third-order valence-corrected chi connectivity index (χ3v) is 2.85. The Bertz CT molecular complexity index is 115. The lowest BCUT2D eigenvalue weighted by Crippen LogP contribution is -2.43. The van der Waals surface area contributed by atoms with Crippen LogP contribution in [-0.4, -0.2) is 37.6 Å². The third kappa shape index (κ3) is 5.27. The molecular weight excluding hydrogens is 160 g/mol. The van der Waals surface area contributed by atoms with Gasteiger partial charge >= 0.3 is 0 Å². The van der Waals surface area contributed by atoms with Crippen LogP contribution in [0.1, 0.15) is 34.1 Å². The molecule has 0 aliphatic carbocycles. The van der Waals surface area contributed by atoms with Crippen molar-refractivity contribution in [3.8, 4) is 0 Å².